The molecule has 0 spiro atoms. The van der Waals surface area contributed by atoms with Crippen molar-refractivity contribution in [2.75, 3.05) is 5.32 Å². The van der Waals surface area contributed by atoms with E-state index in [-0.39, 0.29) is 17.9 Å². The van der Waals surface area contributed by atoms with Crippen LogP contribution in [-0.4, -0.2) is 20.9 Å². The van der Waals surface area contributed by atoms with E-state index in [0.29, 0.717) is 17.4 Å². The van der Waals surface area contributed by atoms with E-state index in [9.17, 15) is 9.59 Å². The van der Waals surface area contributed by atoms with Gasteiger partial charge in [-0.2, -0.15) is 0 Å². The number of rotatable bonds is 5. The SMILES string of the molecule is CCc1ccc2nc(NC(=O)CCc3nc4sc5c(c4c(=O)[nH]3)CCCC5)sc2c1. The standard InChI is InChI=1S/C22H22N4O2S2/c1-2-12-7-8-14-16(11-12)30-22(23-14)26-18(27)10-9-17-24-20(28)19-13-5-3-4-6-15(13)29-21(19)25-17/h7-8,11H,2-6,9-10H2,1H3,(H,23,26,27)(H,24,25,28). The minimum atomic E-state index is -0.127. The van der Waals surface area contributed by atoms with Gasteiger partial charge >= 0.3 is 0 Å². The molecule has 0 atom stereocenters. The number of hydrogen-bond acceptors (Lipinski definition) is 6. The first-order chi connectivity index (χ1) is 14.6. The maximum Gasteiger partial charge on any atom is 0.259 e. The molecule has 5 rings (SSSR count). The second-order valence-corrected chi connectivity index (χ2v) is 9.74. The minimum Gasteiger partial charge on any atom is -0.310 e. The number of hydrogen-bond donors (Lipinski definition) is 2. The fourth-order valence-corrected chi connectivity index (χ4v) is 6.21. The molecule has 2 N–H and O–H groups in total. The number of aromatic amines is 1. The summed E-state index contributed by atoms with van der Waals surface area (Å²) in [5, 5.41) is 4.24. The maximum atomic E-state index is 12.6. The number of benzene rings is 1. The van der Waals surface area contributed by atoms with Gasteiger partial charge in [-0.3, -0.25) is 9.59 Å². The molecule has 0 unspecified atom stereocenters. The third-order valence-electron chi connectivity index (χ3n) is 5.57. The van der Waals surface area contributed by atoms with Crippen LogP contribution in [0.15, 0.2) is 23.0 Å². The first-order valence-electron chi connectivity index (χ1n) is 10.3. The van der Waals surface area contributed by atoms with Gasteiger partial charge in [-0.05, 0) is 55.4 Å². The summed E-state index contributed by atoms with van der Waals surface area (Å²) in [6.07, 6.45) is 5.92. The van der Waals surface area contributed by atoms with Crippen molar-refractivity contribution in [1.82, 2.24) is 15.0 Å². The fourth-order valence-electron chi connectivity index (χ4n) is 3.98. The molecule has 4 aromatic rings. The number of aromatic nitrogens is 3. The van der Waals surface area contributed by atoms with Crippen LogP contribution in [0.3, 0.4) is 0 Å². The number of H-pyrrole nitrogens is 1. The van der Waals surface area contributed by atoms with E-state index in [4.69, 9.17) is 0 Å². The lowest BCUT2D eigenvalue weighted by Crippen LogP contribution is -2.16. The molecule has 0 saturated carbocycles. The van der Waals surface area contributed by atoms with Gasteiger partial charge in [-0.25, -0.2) is 9.97 Å². The molecule has 6 nitrogen and oxygen atoms in total. The van der Waals surface area contributed by atoms with E-state index in [1.54, 1.807) is 11.3 Å². The minimum absolute atomic E-state index is 0.0762. The Morgan fingerprint density at radius 3 is 2.93 bits per heavy atom. The molecule has 3 aromatic heterocycles. The predicted octanol–water partition coefficient (Wildman–Crippen LogP) is 4.61. The van der Waals surface area contributed by atoms with Crippen LogP contribution in [0.5, 0.6) is 0 Å². The van der Waals surface area contributed by atoms with Crippen LogP contribution < -0.4 is 10.9 Å². The highest BCUT2D eigenvalue weighted by Crippen LogP contribution is 2.33. The highest BCUT2D eigenvalue weighted by atomic mass is 32.1. The zero-order valence-electron chi connectivity index (χ0n) is 16.7. The smallest absolute Gasteiger partial charge is 0.259 e. The number of aryl methyl sites for hydroxylation is 4. The zero-order valence-corrected chi connectivity index (χ0v) is 18.3. The van der Waals surface area contributed by atoms with Crippen molar-refractivity contribution in [3.8, 4) is 0 Å². The summed E-state index contributed by atoms with van der Waals surface area (Å²) in [6, 6.07) is 6.17. The van der Waals surface area contributed by atoms with Crippen LogP contribution in [0.1, 0.15) is 48.0 Å². The second kappa shape index (κ2) is 7.92. The van der Waals surface area contributed by atoms with Crippen molar-refractivity contribution in [3.63, 3.8) is 0 Å². The summed E-state index contributed by atoms with van der Waals surface area (Å²) in [6.45, 7) is 2.12. The summed E-state index contributed by atoms with van der Waals surface area (Å²) in [5.41, 5.74) is 3.25. The van der Waals surface area contributed by atoms with Gasteiger partial charge in [0.25, 0.3) is 5.56 Å². The van der Waals surface area contributed by atoms with Crippen LogP contribution in [-0.2, 0) is 30.5 Å². The molecule has 0 aliphatic heterocycles. The molecule has 3 heterocycles. The van der Waals surface area contributed by atoms with Crippen molar-refractivity contribution in [3.05, 3.63) is 50.4 Å². The van der Waals surface area contributed by atoms with Crippen LogP contribution in [0.2, 0.25) is 0 Å². The molecule has 0 fully saturated rings. The number of fused-ring (bicyclic) bond motifs is 4. The molecular weight excluding hydrogens is 416 g/mol. The van der Waals surface area contributed by atoms with Gasteiger partial charge in [0.1, 0.15) is 10.7 Å². The molecule has 30 heavy (non-hydrogen) atoms. The van der Waals surface area contributed by atoms with E-state index in [1.165, 1.54) is 33.8 Å². The van der Waals surface area contributed by atoms with Gasteiger partial charge in [0.05, 0.1) is 15.6 Å². The molecule has 0 bridgehead atoms. The van der Waals surface area contributed by atoms with E-state index < -0.39 is 0 Å². The third kappa shape index (κ3) is 3.65. The number of thiophene rings is 1. The van der Waals surface area contributed by atoms with E-state index >= 15 is 0 Å². The largest absolute Gasteiger partial charge is 0.310 e. The Bertz CT molecular complexity index is 1320. The summed E-state index contributed by atoms with van der Waals surface area (Å²) >= 11 is 3.11. The number of nitrogens with one attached hydrogen (secondary N) is 2. The van der Waals surface area contributed by atoms with E-state index in [0.717, 1.165) is 46.1 Å². The second-order valence-electron chi connectivity index (χ2n) is 7.63. The highest BCUT2D eigenvalue weighted by Gasteiger charge is 2.20. The average Bonchev–Trinajstić information content (AvgIpc) is 3.31. The molecule has 1 amide bonds. The first-order valence-corrected chi connectivity index (χ1v) is 12.0. The molecule has 1 aromatic carbocycles. The molecule has 0 radical (unpaired) electrons. The van der Waals surface area contributed by atoms with E-state index in [1.807, 2.05) is 6.07 Å². The normalized spacial score (nSPS) is 13.6. The van der Waals surface area contributed by atoms with Crippen LogP contribution in [0, 0.1) is 0 Å². The Morgan fingerprint density at radius 1 is 1.20 bits per heavy atom. The number of thiazole rings is 1. The molecule has 8 heteroatoms. The predicted molar refractivity (Wildman–Crippen MR) is 123 cm³/mol. The van der Waals surface area contributed by atoms with E-state index in [2.05, 4.69) is 39.3 Å². The van der Waals surface area contributed by atoms with Gasteiger partial charge in [0, 0.05) is 17.7 Å². The van der Waals surface area contributed by atoms with Gasteiger partial charge in [-0.1, -0.05) is 24.3 Å². The summed E-state index contributed by atoms with van der Waals surface area (Å²) in [5.74, 6) is 0.441. The maximum absolute atomic E-state index is 12.6. The van der Waals surface area contributed by atoms with Crippen molar-refractivity contribution in [2.24, 2.45) is 0 Å². The van der Waals surface area contributed by atoms with Crippen molar-refractivity contribution >= 4 is 54.1 Å². The topological polar surface area (TPSA) is 87.7 Å². The Labute approximate surface area is 181 Å². The van der Waals surface area contributed by atoms with Gasteiger partial charge in [0.15, 0.2) is 5.13 Å². The monoisotopic (exact) mass is 438 g/mol. The van der Waals surface area contributed by atoms with Gasteiger partial charge in [0.2, 0.25) is 5.91 Å². The summed E-state index contributed by atoms with van der Waals surface area (Å²) in [4.78, 5) is 39.2. The first kappa shape index (κ1) is 19.4. The van der Waals surface area contributed by atoms with Crippen molar-refractivity contribution in [2.45, 2.75) is 51.9 Å². The van der Waals surface area contributed by atoms with Gasteiger partial charge in [-0.15, -0.1) is 11.3 Å². The van der Waals surface area contributed by atoms with Crippen LogP contribution in [0.4, 0.5) is 5.13 Å². The number of anilines is 1. The number of carbonyl (C=O) groups is 1. The van der Waals surface area contributed by atoms with Crippen LogP contribution >= 0.6 is 22.7 Å². The molecule has 154 valence electrons. The fraction of sp³-hybridized carbons (Fsp3) is 0.364. The van der Waals surface area contributed by atoms with Crippen LogP contribution in [0.25, 0.3) is 20.4 Å². The lowest BCUT2D eigenvalue weighted by molar-refractivity contribution is -0.116. The third-order valence-corrected chi connectivity index (χ3v) is 7.69. The summed E-state index contributed by atoms with van der Waals surface area (Å²) < 4.78 is 1.07. The van der Waals surface area contributed by atoms with Crippen molar-refractivity contribution < 1.29 is 4.79 Å². The highest BCUT2D eigenvalue weighted by molar-refractivity contribution is 7.22. The average molecular weight is 439 g/mol. The molecule has 1 aliphatic rings. The lowest BCUT2D eigenvalue weighted by atomic mass is 9.97. The molecule has 1 aliphatic carbocycles. The lowest BCUT2D eigenvalue weighted by Gasteiger charge is -2.09. The quantitative estimate of drug-likeness (QED) is 0.476. The summed E-state index contributed by atoms with van der Waals surface area (Å²) in [7, 11) is 0. The van der Waals surface area contributed by atoms with Crippen molar-refractivity contribution in [1.29, 1.82) is 0 Å². The molecular formula is C22H22N4O2S2. The Balaban J connectivity index is 1.29. The Hall–Kier alpha value is -2.58. The van der Waals surface area contributed by atoms with Gasteiger partial charge < -0.3 is 10.3 Å². The number of nitrogens with zero attached hydrogens (tertiary/aromatic N) is 2. The Morgan fingerprint density at radius 2 is 2.07 bits per heavy atom. The molecule has 0 saturated heterocycles. The number of amides is 1. The Kier molecular flexibility index (Phi) is 5.12. The number of carbonyl (C=O) groups excluding carboxylic acids is 1. The zero-order chi connectivity index (χ0) is 20.7.